The lowest BCUT2D eigenvalue weighted by atomic mass is 9.87. The summed E-state index contributed by atoms with van der Waals surface area (Å²) in [6, 6.07) is 4.23. The summed E-state index contributed by atoms with van der Waals surface area (Å²) in [5, 5.41) is 10.2. The van der Waals surface area contributed by atoms with Crippen LogP contribution in [0, 0.1) is 5.92 Å². The van der Waals surface area contributed by atoms with Gasteiger partial charge in [0.25, 0.3) is 0 Å². The van der Waals surface area contributed by atoms with Gasteiger partial charge in [0.2, 0.25) is 0 Å². The number of para-hydroxylation sites is 1. The Balaban J connectivity index is 1.90. The highest BCUT2D eigenvalue weighted by Gasteiger charge is 2.34. The molecular weight excluding hydrogens is 367 g/mol. The predicted octanol–water partition coefficient (Wildman–Crippen LogP) is 4.48. The van der Waals surface area contributed by atoms with Gasteiger partial charge in [-0.1, -0.05) is 25.6 Å². The summed E-state index contributed by atoms with van der Waals surface area (Å²) in [7, 11) is 0. The summed E-state index contributed by atoms with van der Waals surface area (Å²) in [6.07, 6.45) is 2.69. The molecule has 1 aromatic carbocycles. The Morgan fingerprint density at radius 3 is 2.68 bits per heavy atom. The smallest absolute Gasteiger partial charge is 0.405 e. The van der Waals surface area contributed by atoms with Crippen LogP contribution >= 0.6 is 0 Å². The number of halogens is 3. The molecule has 1 heterocycles. The van der Waals surface area contributed by atoms with Crippen LogP contribution in [0.2, 0.25) is 0 Å². The molecule has 0 aliphatic heterocycles. The summed E-state index contributed by atoms with van der Waals surface area (Å²) >= 11 is 0. The summed E-state index contributed by atoms with van der Waals surface area (Å²) in [5.74, 6) is 1.17. The monoisotopic (exact) mass is 391 g/mol. The van der Waals surface area contributed by atoms with E-state index in [4.69, 9.17) is 5.73 Å². The minimum absolute atomic E-state index is 0.150. The van der Waals surface area contributed by atoms with E-state index >= 15 is 0 Å². The number of hydrogen-bond donors (Lipinski definition) is 3. The number of allylic oxidation sites excluding steroid dienone is 1. The highest BCUT2D eigenvalue weighted by Crippen LogP contribution is 2.34. The maximum absolute atomic E-state index is 13.2. The van der Waals surface area contributed by atoms with Crippen LogP contribution in [0.3, 0.4) is 0 Å². The van der Waals surface area contributed by atoms with Gasteiger partial charge in [0.1, 0.15) is 11.3 Å². The Kier molecular flexibility index (Phi) is 5.76. The second kappa shape index (κ2) is 8.08. The predicted molar refractivity (Wildman–Crippen MR) is 105 cm³/mol. The second-order valence-electron chi connectivity index (χ2n) is 7.20. The van der Waals surface area contributed by atoms with Gasteiger partial charge in [0.05, 0.1) is 17.0 Å². The zero-order valence-corrected chi connectivity index (χ0v) is 15.7. The normalized spacial score (nSPS) is 21.4. The molecule has 2 aromatic rings. The van der Waals surface area contributed by atoms with Crippen molar-refractivity contribution in [1.82, 2.24) is 15.5 Å². The molecule has 8 heteroatoms. The summed E-state index contributed by atoms with van der Waals surface area (Å²) in [4.78, 5) is 4.46. The number of aliphatic imine (C=N–C) groups is 1. The molecule has 0 amide bonds. The van der Waals surface area contributed by atoms with E-state index in [-0.39, 0.29) is 5.52 Å². The molecule has 5 nitrogen and oxygen atoms in total. The second-order valence-corrected chi connectivity index (χ2v) is 7.20. The van der Waals surface area contributed by atoms with Gasteiger partial charge in [-0.15, -0.1) is 0 Å². The van der Waals surface area contributed by atoms with Crippen LogP contribution in [0.1, 0.15) is 43.9 Å². The van der Waals surface area contributed by atoms with Crippen molar-refractivity contribution in [2.45, 2.75) is 44.8 Å². The van der Waals surface area contributed by atoms with Crippen LogP contribution in [-0.2, 0) is 6.18 Å². The highest BCUT2D eigenvalue weighted by molar-refractivity contribution is 6.15. The molecule has 3 rings (SSSR count). The minimum atomic E-state index is -4.49. The van der Waals surface area contributed by atoms with E-state index in [1.54, 1.807) is 6.07 Å². The van der Waals surface area contributed by atoms with E-state index in [1.807, 2.05) is 0 Å². The van der Waals surface area contributed by atoms with Crippen molar-refractivity contribution < 1.29 is 13.2 Å². The highest BCUT2D eigenvalue weighted by atomic mass is 19.4. The number of benzene rings is 1. The lowest BCUT2D eigenvalue weighted by molar-refractivity contribution is -0.136. The fourth-order valence-corrected chi connectivity index (χ4v) is 3.55. The Morgan fingerprint density at radius 2 is 2.04 bits per heavy atom. The van der Waals surface area contributed by atoms with Crippen LogP contribution in [-0.4, -0.2) is 22.0 Å². The van der Waals surface area contributed by atoms with Crippen molar-refractivity contribution in [3.8, 4) is 0 Å². The molecule has 1 aromatic heterocycles. The molecule has 0 atom stereocenters. The summed E-state index contributed by atoms with van der Waals surface area (Å²) < 4.78 is 39.7. The fraction of sp³-hybridized carbons (Fsp3) is 0.400. The van der Waals surface area contributed by atoms with Gasteiger partial charge in [-0.05, 0) is 49.9 Å². The first-order valence-corrected chi connectivity index (χ1v) is 9.26. The van der Waals surface area contributed by atoms with Crippen molar-refractivity contribution in [3.63, 3.8) is 0 Å². The van der Waals surface area contributed by atoms with Gasteiger partial charge in [-0.3, -0.25) is 5.10 Å². The van der Waals surface area contributed by atoms with Crippen molar-refractivity contribution in [2.24, 2.45) is 16.6 Å². The number of fused-ring (bicyclic) bond motifs is 1. The first-order valence-electron chi connectivity index (χ1n) is 9.26. The number of nitrogens with zero attached hydrogens (tertiary/aromatic N) is 2. The number of hydrogen-bond acceptors (Lipinski definition) is 4. The molecule has 0 bridgehead atoms. The van der Waals surface area contributed by atoms with E-state index in [0.717, 1.165) is 37.7 Å². The molecule has 0 spiro atoms. The van der Waals surface area contributed by atoms with Crippen LogP contribution in [0.4, 0.5) is 13.2 Å². The van der Waals surface area contributed by atoms with Gasteiger partial charge in [-0.2, -0.15) is 18.3 Å². The van der Waals surface area contributed by atoms with Gasteiger partial charge in [-0.25, -0.2) is 4.99 Å². The average Bonchev–Trinajstić information content (AvgIpc) is 3.06. The number of H-pyrrole nitrogens is 1. The zero-order valence-electron chi connectivity index (χ0n) is 15.7. The molecule has 4 N–H and O–H groups in total. The average molecular weight is 391 g/mol. The van der Waals surface area contributed by atoms with Crippen LogP contribution in [0.15, 0.2) is 47.9 Å². The van der Waals surface area contributed by atoms with E-state index in [9.17, 15) is 13.2 Å². The van der Waals surface area contributed by atoms with Crippen LogP contribution < -0.4 is 11.1 Å². The number of alkyl halides is 3. The molecule has 28 heavy (non-hydrogen) atoms. The molecule has 0 unspecified atom stereocenters. The quantitative estimate of drug-likeness (QED) is 0.658. The van der Waals surface area contributed by atoms with Crippen molar-refractivity contribution in [1.29, 1.82) is 0 Å². The number of rotatable bonds is 5. The Hall–Kier alpha value is -2.77. The number of nitrogens with one attached hydrogen (secondary N) is 2. The van der Waals surface area contributed by atoms with E-state index in [1.165, 1.54) is 18.3 Å². The third-order valence-electron chi connectivity index (χ3n) is 5.04. The fourth-order valence-electron chi connectivity index (χ4n) is 3.55. The molecular formula is C20H24F3N5. The Labute approximate surface area is 161 Å². The standard InChI is InChI=1S/C20H24F3N5/c1-12-6-8-14(9-7-12)25-13(2)26-17(10-11-24)19-15-4-3-5-16(20(21,22)23)18(15)27-28-19/h3-5,10-12,14,25H,2,6-9,24H2,1H3,(H,27,28)/b11-10-,26-17?. The molecule has 0 saturated heterocycles. The third-order valence-corrected chi connectivity index (χ3v) is 5.04. The van der Waals surface area contributed by atoms with Gasteiger partial charge in [0.15, 0.2) is 0 Å². The lowest BCUT2D eigenvalue weighted by Crippen LogP contribution is -2.31. The lowest BCUT2D eigenvalue weighted by Gasteiger charge is -2.27. The van der Waals surface area contributed by atoms with Crippen molar-refractivity contribution in [2.75, 3.05) is 0 Å². The Bertz CT molecular complexity index is 902. The number of aromatic nitrogens is 2. The van der Waals surface area contributed by atoms with E-state index in [0.29, 0.717) is 28.7 Å². The third kappa shape index (κ3) is 4.37. The minimum Gasteiger partial charge on any atom is -0.405 e. The molecule has 1 aliphatic rings. The number of aromatic amines is 1. The molecule has 1 saturated carbocycles. The SMILES string of the molecule is C=C(N=C(/C=C\N)c1[nH]nc2c(C(F)(F)F)cccc12)NC1CCC(C)CC1. The number of nitrogens with two attached hydrogens (primary N) is 1. The topological polar surface area (TPSA) is 79.1 Å². The molecule has 0 radical (unpaired) electrons. The maximum atomic E-state index is 13.2. The Morgan fingerprint density at radius 1 is 1.32 bits per heavy atom. The van der Waals surface area contributed by atoms with E-state index in [2.05, 4.69) is 34.0 Å². The summed E-state index contributed by atoms with van der Waals surface area (Å²) in [6.45, 7) is 6.19. The molecule has 1 fully saturated rings. The zero-order chi connectivity index (χ0) is 20.3. The van der Waals surface area contributed by atoms with Gasteiger partial charge in [0, 0.05) is 11.4 Å². The molecule has 1 aliphatic carbocycles. The first-order chi connectivity index (χ1) is 13.3. The van der Waals surface area contributed by atoms with Gasteiger partial charge >= 0.3 is 6.18 Å². The maximum Gasteiger partial charge on any atom is 0.418 e. The van der Waals surface area contributed by atoms with Crippen LogP contribution in [0.5, 0.6) is 0 Å². The van der Waals surface area contributed by atoms with Crippen LogP contribution in [0.25, 0.3) is 10.9 Å². The van der Waals surface area contributed by atoms with Crippen molar-refractivity contribution in [3.05, 3.63) is 54.1 Å². The van der Waals surface area contributed by atoms with Crippen molar-refractivity contribution >= 4 is 16.6 Å². The van der Waals surface area contributed by atoms with Gasteiger partial charge < -0.3 is 11.1 Å². The van der Waals surface area contributed by atoms with E-state index < -0.39 is 11.7 Å². The summed E-state index contributed by atoms with van der Waals surface area (Å²) in [5.41, 5.74) is 5.31. The molecule has 150 valence electrons. The first kappa shape index (κ1) is 20.0. The largest absolute Gasteiger partial charge is 0.418 e.